The summed E-state index contributed by atoms with van der Waals surface area (Å²) in [6.45, 7) is 0. The molecule has 48 valence electrons. The SMILES string of the molecule is [2H]C([2H])(I)c1ccccc1Br. The molecule has 9 heavy (non-hydrogen) atoms. The topological polar surface area (TPSA) is 0 Å². The molecule has 1 rings (SSSR count). The van der Waals surface area contributed by atoms with Gasteiger partial charge in [-0.2, -0.15) is 0 Å². The van der Waals surface area contributed by atoms with Crippen molar-refractivity contribution >= 4 is 38.5 Å². The molecule has 0 fully saturated rings. The molecule has 0 saturated carbocycles. The summed E-state index contributed by atoms with van der Waals surface area (Å²) < 4.78 is 14.4. The van der Waals surface area contributed by atoms with E-state index in [4.69, 9.17) is 2.74 Å². The van der Waals surface area contributed by atoms with Gasteiger partial charge in [0.15, 0.2) is 0 Å². The highest BCUT2D eigenvalue weighted by Crippen LogP contribution is 2.17. The first kappa shape index (κ1) is 5.13. The van der Waals surface area contributed by atoms with Gasteiger partial charge < -0.3 is 0 Å². The van der Waals surface area contributed by atoms with E-state index in [-0.39, 0.29) is 0 Å². The van der Waals surface area contributed by atoms with E-state index in [9.17, 15) is 0 Å². The second kappa shape index (κ2) is 3.56. The first-order chi connectivity index (χ1) is 5.02. The van der Waals surface area contributed by atoms with Crippen LogP contribution in [0.4, 0.5) is 0 Å². The molecule has 0 aliphatic rings. The maximum absolute atomic E-state index is 7.44. The second-order valence-corrected chi connectivity index (χ2v) is 2.97. The zero-order chi connectivity index (χ0) is 8.48. The minimum atomic E-state index is -1.29. The lowest BCUT2D eigenvalue weighted by Gasteiger charge is -1.95. The molecule has 0 N–H and O–H groups in total. The number of halogens is 2. The molecule has 2 heteroatoms. The van der Waals surface area contributed by atoms with Crippen molar-refractivity contribution in [2.24, 2.45) is 0 Å². The molecule has 1 aromatic rings. The van der Waals surface area contributed by atoms with E-state index in [1.165, 1.54) is 0 Å². The number of alkyl halides is 1. The molecule has 0 amide bonds. The molecule has 0 radical (unpaired) electrons. The van der Waals surface area contributed by atoms with Crippen LogP contribution >= 0.6 is 38.5 Å². The Labute approximate surface area is 79.7 Å². The van der Waals surface area contributed by atoms with Crippen LogP contribution in [0.2, 0.25) is 0 Å². The highest BCUT2D eigenvalue weighted by molar-refractivity contribution is 14.1. The molecule has 0 nitrogen and oxygen atoms in total. The van der Waals surface area contributed by atoms with Crippen LogP contribution in [-0.2, 0) is 4.38 Å². The van der Waals surface area contributed by atoms with Crippen LogP contribution in [0.3, 0.4) is 0 Å². The van der Waals surface area contributed by atoms with Crippen LogP contribution in [0.1, 0.15) is 8.30 Å². The third kappa shape index (κ3) is 1.93. The van der Waals surface area contributed by atoms with Crippen molar-refractivity contribution in [1.82, 2.24) is 0 Å². The molecule has 0 heterocycles. The molecule has 1 aromatic carbocycles. The standard InChI is InChI=1S/C7H6BrI/c8-7-4-2-1-3-6(7)5-9/h1-4H,5H2/i5D2. The fourth-order valence-electron chi connectivity index (χ4n) is 0.538. The summed E-state index contributed by atoms with van der Waals surface area (Å²) in [6, 6.07) is 7.31. The van der Waals surface area contributed by atoms with Crippen molar-refractivity contribution < 1.29 is 2.74 Å². The Bertz CT molecular complexity index is 257. The second-order valence-electron chi connectivity index (χ2n) is 1.57. The predicted octanol–water partition coefficient (Wildman–Crippen LogP) is 3.38. The number of hydrogen-bond donors (Lipinski definition) is 0. The van der Waals surface area contributed by atoms with E-state index in [1.54, 1.807) is 28.7 Å². The molecule has 0 aromatic heterocycles. The van der Waals surface area contributed by atoms with E-state index in [0.717, 1.165) is 4.47 Å². The average Bonchev–Trinajstić information content (AvgIpc) is 1.86. The fraction of sp³-hybridized carbons (Fsp3) is 0.143. The van der Waals surface area contributed by atoms with E-state index < -0.39 is 4.38 Å². The van der Waals surface area contributed by atoms with Crippen molar-refractivity contribution in [3.8, 4) is 0 Å². The largest absolute Gasteiger partial charge is 0.0811 e. The zero-order valence-corrected chi connectivity index (χ0v) is 8.31. The Kier molecular flexibility index (Phi) is 2.03. The lowest BCUT2D eigenvalue weighted by molar-refractivity contribution is 1.42. The van der Waals surface area contributed by atoms with Crippen LogP contribution < -0.4 is 0 Å². The Balaban J connectivity index is 3.14. The fourth-order valence-corrected chi connectivity index (χ4v) is 1.76. The first-order valence-corrected chi connectivity index (χ1v) is 4.33. The van der Waals surface area contributed by atoms with E-state index in [2.05, 4.69) is 15.9 Å². The van der Waals surface area contributed by atoms with Gasteiger partial charge >= 0.3 is 0 Å². The van der Waals surface area contributed by atoms with Crippen LogP contribution in [-0.4, -0.2) is 0 Å². The molecule has 0 unspecified atom stereocenters. The summed E-state index contributed by atoms with van der Waals surface area (Å²) in [4.78, 5) is 0. The third-order valence-electron chi connectivity index (χ3n) is 0.976. The predicted molar refractivity (Wildman–Crippen MR) is 51.9 cm³/mol. The normalized spacial score (nSPS) is 14.4. The highest BCUT2D eigenvalue weighted by Gasteiger charge is 1.92. The molecule has 0 aliphatic carbocycles. The summed E-state index contributed by atoms with van der Waals surface area (Å²) in [5.41, 5.74) is 0.681. The Morgan fingerprint density at radius 3 is 2.67 bits per heavy atom. The van der Waals surface area contributed by atoms with Gasteiger partial charge in [0.05, 0.1) is 0 Å². The maximum Gasteiger partial charge on any atom is 0.0428 e. The highest BCUT2D eigenvalue weighted by atomic mass is 127. The van der Waals surface area contributed by atoms with Crippen LogP contribution in [0, 0.1) is 0 Å². The van der Waals surface area contributed by atoms with Crippen molar-refractivity contribution in [2.45, 2.75) is 4.38 Å². The van der Waals surface area contributed by atoms with Gasteiger partial charge in [-0.05, 0) is 11.6 Å². The Hall–Kier alpha value is 0.430. The summed E-state index contributed by atoms with van der Waals surface area (Å²) >= 11 is 5.06. The lowest BCUT2D eigenvalue weighted by atomic mass is 10.2. The van der Waals surface area contributed by atoms with Crippen LogP contribution in [0.15, 0.2) is 28.7 Å². The van der Waals surface area contributed by atoms with Crippen molar-refractivity contribution in [1.29, 1.82) is 0 Å². The van der Waals surface area contributed by atoms with Crippen LogP contribution in [0.25, 0.3) is 0 Å². The molecular weight excluding hydrogens is 291 g/mol. The quantitative estimate of drug-likeness (QED) is 0.551. The lowest BCUT2D eigenvalue weighted by Crippen LogP contribution is -1.75. The van der Waals surface area contributed by atoms with Gasteiger partial charge in [0.2, 0.25) is 0 Å². The van der Waals surface area contributed by atoms with Gasteiger partial charge in [0, 0.05) is 11.6 Å². The molecule has 0 saturated heterocycles. The average molecular weight is 299 g/mol. The monoisotopic (exact) mass is 298 g/mol. The Morgan fingerprint density at radius 1 is 1.56 bits per heavy atom. The summed E-state index contributed by atoms with van der Waals surface area (Å²) in [5.74, 6) is 0. The third-order valence-corrected chi connectivity index (χ3v) is 2.25. The van der Waals surface area contributed by atoms with E-state index in [0.29, 0.717) is 5.56 Å². The van der Waals surface area contributed by atoms with Gasteiger partial charge in [-0.1, -0.05) is 56.7 Å². The minimum Gasteiger partial charge on any atom is -0.0811 e. The summed E-state index contributed by atoms with van der Waals surface area (Å²) in [6.07, 6.45) is 0. The van der Waals surface area contributed by atoms with E-state index in [1.807, 2.05) is 18.2 Å². The first-order valence-electron chi connectivity index (χ1n) is 3.46. The number of benzene rings is 1. The summed E-state index contributed by atoms with van der Waals surface area (Å²) in [5, 5.41) is 0. The number of hydrogen-bond acceptors (Lipinski definition) is 0. The van der Waals surface area contributed by atoms with Gasteiger partial charge in [0.25, 0.3) is 0 Å². The molecule has 0 spiro atoms. The maximum atomic E-state index is 7.44. The van der Waals surface area contributed by atoms with Gasteiger partial charge in [-0.15, -0.1) is 0 Å². The number of rotatable bonds is 1. The summed E-state index contributed by atoms with van der Waals surface area (Å²) in [7, 11) is 0. The molecule has 0 atom stereocenters. The smallest absolute Gasteiger partial charge is 0.0428 e. The van der Waals surface area contributed by atoms with Crippen molar-refractivity contribution in [3.05, 3.63) is 34.3 Å². The van der Waals surface area contributed by atoms with Crippen molar-refractivity contribution in [2.75, 3.05) is 0 Å². The van der Waals surface area contributed by atoms with Gasteiger partial charge in [-0.25, -0.2) is 0 Å². The van der Waals surface area contributed by atoms with Gasteiger partial charge in [0.1, 0.15) is 0 Å². The van der Waals surface area contributed by atoms with Gasteiger partial charge in [-0.3, -0.25) is 0 Å². The molecule has 0 aliphatic heterocycles. The molecule has 0 bridgehead atoms. The van der Waals surface area contributed by atoms with Crippen LogP contribution in [0.5, 0.6) is 0 Å². The van der Waals surface area contributed by atoms with Crippen molar-refractivity contribution in [3.63, 3.8) is 0 Å². The molecular formula is C7H6BrI. The van der Waals surface area contributed by atoms with E-state index >= 15 is 0 Å². The zero-order valence-electron chi connectivity index (χ0n) is 6.57. The Morgan fingerprint density at radius 2 is 2.22 bits per heavy atom. The minimum absolute atomic E-state index is 0.681.